The number of hydrogen-bond acceptors (Lipinski definition) is 6. The number of carboxylic acid groups (broad SMARTS) is 1. The molecule has 94 valence electrons. The Morgan fingerprint density at radius 2 is 2.06 bits per heavy atom. The van der Waals surface area contributed by atoms with E-state index in [9.17, 15) is 13.2 Å². The minimum Gasteiger partial charge on any atom is -0.479 e. The summed E-state index contributed by atoms with van der Waals surface area (Å²) in [6.07, 6.45) is -2.93. The molecule has 2 unspecified atom stereocenters. The predicted molar refractivity (Wildman–Crippen MR) is 49.2 cm³/mol. The van der Waals surface area contributed by atoms with Crippen LogP contribution in [0.1, 0.15) is 6.42 Å². The maximum absolute atomic E-state index is 10.6. The number of carbonyl (C=O) groups is 1. The van der Waals surface area contributed by atoms with Crippen LogP contribution in [0.15, 0.2) is 0 Å². The molecule has 0 aliphatic carbocycles. The van der Waals surface area contributed by atoms with E-state index in [0.29, 0.717) is 0 Å². The van der Waals surface area contributed by atoms with Gasteiger partial charge in [0.2, 0.25) is 0 Å². The highest BCUT2D eigenvalue weighted by molar-refractivity contribution is 7.80. The Morgan fingerprint density at radius 3 is 2.50 bits per heavy atom. The van der Waals surface area contributed by atoms with E-state index in [1.165, 1.54) is 7.11 Å². The van der Waals surface area contributed by atoms with Crippen molar-refractivity contribution in [3.8, 4) is 0 Å². The lowest BCUT2D eigenvalue weighted by Gasteiger charge is -2.32. The van der Waals surface area contributed by atoms with E-state index in [-0.39, 0.29) is 13.0 Å². The number of carboxylic acids is 1. The lowest BCUT2D eigenvalue weighted by atomic mass is 10.0. The van der Waals surface area contributed by atoms with E-state index in [2.05, 4.69) is 4.18 Å². The topological polar surface area (TPSA) is 119 Å². The Kier molecular flexibility index (Phi) is 4.21. The second-order valence-electron chi connectivity index (χ2n) is 3.23. The summed E-state index contributed by atoms with van der Waals surface area (Å²) in [5, 5.41) is 8.68. The first-order valence-electron chi connectivity index (χ1n) is 4.36. The smallest absolute Gasteiger partial charge is 0.397 e. The van der Waals surface area contributed by atoms with Crippen molar-refractivity contribution in [2.75, 3.05) is 13.7 Å². The molecule has 0 aromatic carbocycles. The molecule has 1 aliphatic rings. The summed E-state index contributed by atoms with van der Waals surface area (Å²) in [5.41, 5.74) is 0. The van der Waals surface area contributed by atoms with Crippen molar-refractivity contribution in [2.24, 2.45) is 0 Å². The summed E-state index contributed by atoms with van der Waals surface area (Å²) in [6.45, 7) is -0.282. The minimum absolute atomic E-state index is 0.0496. The quantitative estimate of drug-likeness (QED) is 0.618. The zero-order chi connectivity index (χ0) is 12.3. The normalized spacial score (nSPS) is 31.2. The van der Waals surface area contributed by atoms with Crippen LogP contribution < -0.4 is 0 Å². The Labute approximate surface area is 92.1 Å². The largest absolute Gasteiger partial charge is 0.479 e. The number of hydrogen-bond donors (Lipinski definition) is 2. The van der Waals surface area contributed by atoms with Crippen molar-refractivity contribution in [3.63, 3.8) is 0 Å². The van der Waals surface area contributed by atoms with Gasteiger partial charge in [0.05, 0.1) is 12.7 Å². The third kappa shape index (κ3) is 3.68. The minimum atomic E-state index is -4.61. The van der Waals surface area contributed by atoms with Gasteiger partial charge >= 0.3 is 16.4 Å². The van der Waals surface area contributed by atoms with Crippen LogP contribution in [0.25, 0.3) is 0 Å². The Bertz CT molecular complexity index is 349. The van der Waals surface area contributed by atoms with Crippen LogP contribution in [-0.2, 0) is 28.9 Å². The highest BCUT2D eigenvalue weighted by Crippen LogP contribution is 2.20. The second-order valence-corrected chi connectivity index (χ2v) is 4.28. The average molecular weight is 256 g/mol. The fourth-order valence-electron chi connectivity index (χ4n) is 1.42. The van der Waals surface area contributed by atoms with Gasteiger partial charge in [-0.1, -0.05) is 0 Å². The number of methoxy groups -OCH3 is 1. The highest BCUT2D eigenvalue weighted by Gasteiger charge is 2.37. The monoisotopic (exact) mass is 256 g/mol. The van der Waals surface area contributed by atoms with Crippen LogP contribution >= 0.6 is 0 Å². The van der Waals surface area contributed by atoms with Gasteiger partial charge in [0.25, 0.3) is 0 Å². The zero-order valence-electron chi connectivity index (χ0n) is 8.40. The lowest BCUT2D eigenvalue weighted by Crippen LogP contribution is -2.47. The molecule has 1 heterocycles. The van der Waals surface area contributed by atoms with Gasteiger partial charge in [-0.2, -0.15) is 8.42 Å². The van der Waals surface area contributed by atoms with Gasteiger partial charge in [0.1, 0.15) is 6.10 Å². The standard InChI is InChI=1S/C7H12O8S/c1-13-4-2-5(7(8)9)14-3-6(4)15-16(10,11)12/h4-6H,2-3H2,1H3,(H,8,9)(H,10,11,12)/t4-,5?,6?/m0/s1. The van der Waals surface area contributed by atoms with Crippen molar-refractivity contribution in [1.29, 1.82) is 0 Å². The van der Waals surface area contributed by atoms with E-state index >= 15 is 0 Å². The molecule has 8 nitrogen and oxygen atoms in total. The van der Waals surface area contributed by atoms with Gasteiger partial charge in [-0.05, 0) is 0 Å². The van der Waals surface area contributed by atoms with E-state index in [4.69, 9.17) is 19.1 Å². The van der Waals surface area contributed by atoms with Gasteiger partial charge in [-0.15, -0.1) is 0 Å². The molecular formula is C7H12O8S. The van der Waals surface area contributed by atoms with Crippen LogP contribution in [0.2, 0.25) is 0 Å². The zero-order valence-corrected chi connectivity index (χ0v) is 9.21. The van der Waals surface area contributed by atoms with E-state index < -0.39 is 34.7 Å². The van der Waals surface area contributed by atoms with Crippen molar-refractivity contribution >= 4 is 16.4 Å². The van der Waals surface area contributed by atoms with E-state index in [1.807, 2.05) is 0 Å². The summed E-state index contributed by atoms with van der Waals surface area (Å²) >= 11 is 0. The Morgan fingerprint density at radius 1 is 1.44 bits per heavy atom. The first-order valence-corrected chi connectivity index (χ1v) is 5.73. The first kappa shape index (κ1) is 13.3. The maximum Gasteiger partial charge on any atom is 0.397 e. The molecule has 2 N–H and O–H groups in total. The van der Waals surface area contributed by atoms with Gasteiger partial charge < -0.3 is 14.6 Å². The molecule has 1 rings (SSSR count). The van der Waals surface area contributed by atoms with E-state index in [1.54, 1.807) is 0 Å². The predicted octanol–water partition coefficient (Wildman–Crippen LogP) is -0.937. The van der Waals surface area contributed by atoms with Crippen molar-refractivity contribution in [3.05, 3.63) is 0 Å². The molecule has 0 aromatic rings. The third-order valence-electron chi connectivity index (χ3n) is 2.15. The highest BCUT2D eigenvalue weighted by atomic mass is 32.3. The first-order chi connectivity index (χ1) is 7.33. The molecule has 1 saturated heterocycles. The molecule has 0 saturated carbocycles. The summed E-state index contributed by atoms with van der Waals surface area (Å²) in [4.78, 5) is 10.6. The molecule has 9 heteroatoms. The summed E-state index contributed by atoms with van der Waals surface area (Å²) < 4.78 is 43.5. The summed E-state index contributed by atoms with van der Waals surface area (Å²) in [6, 6.07) is 0. The Balaban J connectivity index is 2.65. The molecule has 0 amide bonds. The van der Waals surface area contributed by atoms with Gasteiger partial charge in [-0.3, -0.25) is 4.55 Å². The van der Waals surface area contributed by atoms with Crippen LogP contribution in [0.5, 0.6) is 0 Å². The van der Waals surface area contributed by atoms with Crippen LogP contribution in [0.3, 0.4) is 0 Å². The Hall–Kier alpha value is -0.740. The van der Waals surface area contributed by atoms with Crippen molar-refractivity contribution < 1.29 is 36.5 Å². The molecule has 0 spiro atoms. The maximum atomic E-state index is 10.6. The van der Waals surface area contributed by atoms with Crippen molar-refractivity contribution in [2.45, 2.75) is 24.7 Å². The van der Waals surface area contributed by atoms with Crippen molar-refractivity contribution in [1.82, 2.24) is 0 Å². The van der Waals surface area contributed by atoms with Gasteiger partial charge in [0, 0.05) is 13.5 Å². The molecule has 0 radical (unpaired) electrons. The number of ether oxygens (including phenoxy) is 2. The lowest BCUT2D eigenvalue weighted by molar-refractivity contribution is -0.169. The van der Waals surface area contributed by atoms with E-state index in [0.717, 1.165) is 0 Å². The molecular weight excluding hydrogens is 244 g/mol. The average Bonchev–Trinajstić information content (AvgIpc) is 2.15. The molecule has 1 fully saturated rings. The number of rotatable bonds is 4. The molecule has 0 aromatic heterocycles. The summed E-state index contributed by atoms with van der Waals surface area (Å²) in [7, 11) is -3.32. The molecule has 0 bridgehead atoms. The van der Waals surface area contributed by atoms with Crippen LogP contribution in [-0.4, -0.2) is 56.1 Å². The fourth-order valence-corrected chi connectivity index (χ4v) is 1.91. The van der Waals surface area contributed by atoms with Crippen LogP contribution in [0.4, 0.5) is 0 Å². The third-order valence-corrected chi connectivity index (χ3v) is 2.64. The fraction of sp³-hybridized carbons (Fsp3) is 0.857. The SMILES string of the molecule is CO[C@H]1CC(C(=O)O)OCC1OS(=O)(=O)O. The molecule has 16 heavy (non-hydrogen) atoms. The van der Waals surface area contributed by atoms with Gasteiger partial charge in [-0.25, -0.2) is 8.98 Å². The van der Waals surface area contributed by atoms with Gasteiger partial charge in [0.15, 0.2) is 6.10 Å². The molecule has 3 atom stereocenters. The number of aliphatic carboxylic acids is 1. The summed E-state index contributed by atoms with van der Waals surface area (Å²) in [5.74, 6) is -1.16. The molecule has 1 aliphatic heterocycles. The van der Waals surface area contributed by atoms with Crippen LogP contribution in [0, 0.1) is 0 Å². The second kappa shape index (κ2) is 5.06.